The summed E-state index contributed by atoms with van der Waals surface area (Å²) in [7, 11) is 4.02. The van der Waals surface area contributed by atoms with Crippen molar-refractivity contribution in [2.45, 2.75) is 70.1 Å². The molecular weight excluding hydrogens is 338 g/mol. The number of aliphatic hydroxyl groups excluding tert-OH is 1. The number of para-hydroxylation sites is 1. The van der Waals surface area contributed by atoms with Gasteiger partial charge in [-0.05, 0) is 64.8 Å². The number of hydrogen-bond acceptors (Lipinski definition) is 4. The van der Waals surface area contributed by atoms with E-state index in [4.69, 9.17) is 0 Å². The molecule has 2 N–H and O–H groups in total. The number of aryl methyl sites for hydroxylation is 2. The number of aliphatic hydroxyl groups is 1. The number of benzene rings is 1. The molecule has 150 valence electrons. The van der Waals surface area contributed by atoms with Gasteiger partial charge in [-0.25, -0.2) is 0 Å². The third-order valence-corrected chi connectivity index (χ3v) is 6.79. The maximum atomic E-state index is 13.4. The van der Waals surface area contributed by atoms with Crippen LogP contribution < -0.4 is 5.32 Å². The second-order valence-corrected chi connectivity index (χ2v) is 8.60. The van der Waals surface area contributed by atoms with Gasteiger partial charge in [-0.3, -0.25) is 14.6 Å². The van der Waals surface area contributed by atoms with Crippen molar-refractivity contribution < 1.29 is 9.90 Å². The Kier molecular flexibility index (Phi) is 6.24. The van der Waals surface area contributed by atoms with Crippen molar-refractivity contribution in [3.05, 3.63) is 29.3 Å². The molecule has 1 aromatic rings. The second kappa shape index (κ2) is 8.29. The summed E-state index contributed by atoms with van der Waals surface area (Å²) in [5.41, 5.74) is 2.64. The minimum absolute atomic E-state index is 0.0914. The minimum atomic E-state index is -0.495. The van der Waals surface area contributed by atoms with E-state index in [-0.39, 0.29) is 18.1 Å². The van der Waals surface area contributed by atoms with E-state index in [1.54, 1.807) is 0 Å². The summed E-state index contributed by atoms with van der Waals surface area (Å²) in [5, 5.41) is 13.6. The average Bonchev–Trinajstić information content (AvgIpc) is 2.65. The smallest absolute Gasteiger partial charge is 0.244 e. The van der Waals surface area contributed by atoms with Crippen LogP contribution in [0, 0.1) is 13.8 Å². The Balaban J connectivity index is 1.73. The Morgan fingerprint density at radius 1 is 1.15 bits per heavy atom. The first-order chi connectivity index (χ1) is 12.8. The van der Waals surface area contributed by atoms with Crippen LogP contribution in [-0.2, 0) is 4.79 Å². The van der Waals surface area contributed by atoms with Gasteiger partial charge in [0, 0.05) is 24.8 Å². The fourth-order valence-corrected chi connectivity index (χ4v) is 4.86. The lowest BCUT2D eigenvalue weighted by atomic mass is 9.82. The highest BCUT2D eigenvalue weighted by molar-refractivity contribution is 5.99. The van der Waals surface area contributed by atoms with Gasteiger partial charge in [0.2, 0.25) is 5.91 Å². The molecule has 0 radical (unpaired) electrons. The monoisotopic (exact) mass is 373 g/mol. The van der Waals surface area contributed by atoms with Crippen LogP contribution in [0.25, 0.3) is 0 Å². The highest BCUT2D eigenvalue weighted by atomic mass is 16.3. The van der Waals surface area contributed by atoms with Crippen molar-refractivity contribution in [1.29, 1.82) is 0 Å². The zero-order valence-corrected chi connectivity index (χ0v) is 17.3. The number of anilines is 1. The number of carbonyl (C=O) groups excluding carboxylic acids is 1. The zero-order chi connectivity index (χ0) is 19.6. The molecule has 0 aromatic heterocycles. The lowest BCUT2D eigenvalue weighted by Crippen LogP contribution is -2.61. The highest BCUT2D eigenvalue weighted by Crippen LogP contribution is 2.33. The van der Waals surface area contributed by atoms with E-state index >= 15 is 0 Å². The van der Waals surface area contributed by atoms with Crippen molar-refractivity contribution in [2.24, 2.45) is 0 Å². The largest absolute Gasteiger partial charge is 0.391 e. The summed E-state index contributed by atoms with van der Waals surface area (Å²) in [6.45, 7) is 5.80. The molecule has 0 bridgehead atoms. The molecule has 1 saturated carbocycles. The third kappa shape index (κ3) is 4.05. The summed E-state index contributed by atoms with van der Waals surface area (Å²) in [4.78, 5) is 17.9. The predicted octanol–water partition coefficient (Wildman–Crippen LogP) is 2.94. The first-order valence-electron chi connectivity index (χ1n) is 10.3. The van der Waals surface area contributed by atoms with Gasteiger partial charge in [0.15, 0.2) is 0 Å². The van der Waals surface area contributed by atoms with Crippen LogP contribution in [0.2, 0.25) is 0 Å². The number of hydrogen-bond donors (Lipinski definition) is 2. The van der Waals surface area contributed by atoms with E-state index in [0.717, 1.165) is 62.0 Å². The molecule has 1 amide bonds. The summed E-state index contributed by atoms with van der Waals surface area (Å²) in [6.07, 6.45) is 5.68. The van der Waals surface area contributed by atoms with Gasteiger partial charge in [-0.15, -0.1) is 0 Å². The van der Waals surface area contributed by atoms with Crippen LogP contribution in [0.5, 0.6) is 0 Å². The standard InChI is InChI=1S/C22H35N3O2/c1-16-8-7-9-17(2)20(16)23-21(27)22(24(3)4)12-14-25(15-13-22)18-10-5-6-11-19(18)26/h7-9,18-19,26H,5-6,10-15H2,1-4H3,(H,23,27)/t18-,19+/m0/s1. The van der Waals surface area contributed by atoms with Gasteiger partial charge in [-0.2, -0.15) is 0 Å². The lowest BCUT2D eigenvalue weighted by Gasteiger charge is -2.48. The highest BCUT2D eigenvalue weighted by Gasteiger charge is 2.45. The van der Waals surface area contributed by atoms with Crippen molar-refractivity contribution in [1.82, 2.24) is 9.80 Å². The summed E-state index contributed by atoms with van der Waals surface area (Å²) in [5.74, 6) is 0.0914. The molecule has 2 aliphatic rings. The van der Waals surface area contributed by atoms with E-state index < -0.39 is 5.54 Å². The van der Waals surface area contributed by atoms with Crippen LogP contribution in [0.4, 0.5) is 5.69 Å². The Morgan fingerprint density at radius 2 is 1.74 bits per heavy atom. The van der Waals surface area contributed by atoms with Gasteiger partial charge in [-0.1, -0.05) is 31.0 Å². The van der Waals surface area contributed by atoms with Crippen LogP contribution in [0.15, 0.2) is 18.2 Å². The number of nitrogens with one attached hydrogen (secondary N) is 1. The van der Waals surface area contributed by atoms with Crippen molar-refractivity contribution in [3.8, 4) is 0 Å². The molecule has 27 heavy (non-hydrogen) atoms. The molecule has 1 saturated heterocycles. The van der Waals surface area contributed by atoms with Crippen LogP contribution in [-0.4, -0.2) is 65.7 Å². The molecule has 1 aliphatic heterocycles. The summed E-state index contributed by atoms with van der Waals surface area (Å²) in [6, 6.07) is 6.37. The Bertz CT molecular complexity index is 645. The van der Waals surface area contributed by atoms with Gasteiger partial charge in [0.05, 0.1) is 6.10 Å². The van der Waals surface area contributed by atoms with E-state index in [9.17, 15) is 9.90 Å². The molecule has 1 aliphatic carbocycles. The number of piperidine rings is 1. The van der Waals surface area contributed by atoms with Gasteiger partial charge < -0.3 is 10.4 Å². The number of likely N-dealkylation sites (N-methyl/N-ethyl adjacent to an activating group) is 1. The number of carbonyl (C=O) groups is 1. The van der Waals surface area contributed by atoms with Crippen LogP contribution in [0.1, 0.15) is 49.7 Å². The number of nitrogens with zero attached hydrogens (tertiary/aromatic N) is 2. The lowest BCUT2D eigenvalue weighted by molar-refractivity contribution is -0.130. The second-order valence-electron chi connectivity index (χ2n) is 8.60. The molecule has 1 heterocycles. The molecule has 5 heteroatoms. The first kappa shape index (κ1) is 20.3. The van der Waals surface area contributed by atoms with Crippen LogP contribution in [0.3, 0.4) is 0 Å². The Hall–Kier alpha value is -1.43. The Morgan fingerprint density at radius 3 is 2.30 bits per heavy atom. The minimum Gasteiger partial charge on any atom is -0.391 e. The predicted molar refractivity (Wildman–Crippen MR) is 110 cm³/mol. The normalized spacial score (nSPS) is 26.1. The fourth-order valence-electron chi connectivity index (χ4n) is 4.86. The number of likely N-dealkylation sites (tertiary alicyclic amines) is 1. The van der Waals surface area contributed by atoms with Crippen molar-refractivity contribution >= 4 is 11.6 Å². The van der Waals surface area contributed by atoms with Gasteiger partial charge in [0.1, 0.15) is 5.54 Å². The number of rotatable bonds is 4. The molecule has 0 unspecified atom stereocenters. The third-order valence-electron chi connectivity index (χ3n) is 6.79. The fraction of sp³-hybridized carbons (Fsp3) is 0.682. The maximum absolute atomic E-state index is 13.4. The topological polar surface area (TPSA) is 55.8 Å². The van der Waals surface area contributed by atoms with E-state index in [1.807, 2.05) is 46.1 Å². The maximum Gasteiger partial charge on any atom is 0.244 e. The van der Waals surface area contributed by atoms with E-state index in [1.165, 1.54) is 6.42 Å². The molecule has 0 spiro atoms. The van der Waals surface area contributed by atoms with Crippen molar-refractivity contribution in [3.63, 3.8) is 0 Å². The molecule has 2 atom stereocenters. The summed E-state index contributed by atoms with van der Waals surface area (Å²) >= 11 is 0. The number of amides is 1. The molecule has 5 nitrogen and oxygen atoms in total. The summed E-state index contributed by atoms with van der Waals surface area (Å²) < 4.78 is 0. The SMILES string of the molecule is Cc1cccc(C)c1NC(=O)C1(N(C)C)CCN([C@H]2CCCC[C@H]2O)CC1. The molecule has 3 rings (SSSR count). The van der Waals surface area contributed by atoms with Crippen molar-refractivity contribution in [2.75, 3.05) is 32.5 Å². The van der Waals surface area contributed by atoms with Crippen LogP contribution >= 0.6 is 0 Å². The first-order valence-corrected chi connectivity index (χ1v) is 10.3. The van der Waals surface area contributed by atoms with E-state index in [0.29, 0.717) is 0 Å². The van der Waals surface area contributed by atoms with E-state index in [2.05, 4.69) is 15.1 Å². The average molecular weight is 374 g/mol. The zero-order valence-electron chi connectivity index (χ0n) is 17.3. The van der Waals surface area contributed by atoms with Gasteiger partial charge in [0.25, 0.3) is 0 Å². The molecule has 2 fully saturated rings. The molecule has 1 aromatic carbocycles. The Labute approximate surface area is 163 Å². The quantitative estimate of drug-likeness (QED) is 0.852. The van der Waals surface area contributed by atoms with Gasteiger partial charge >= 0.3 is 0 Å². The molecular formula is C22H35N3O2.